The Morgan fingerprint density at radius 1 is 1.16 bits per heavy atom. The van der Waals surface area contributed by atoms with E-state index in [4.69, 9.17) is 10.5 Å². The van der Waals surface area contributed by atoms with E-state index in [1.165, 1.54) is 30.4 Å². The van der Waals surface area contributed by atoms with Crippen molar-refractivity contribution < 1.29 is 4.74 Å². The molecule has 0 bridgehead atoms. The Morgan fingerprint density at radius 3 is 2.42 bits per heavy atom. The van der Waals surface area contributed by atoms with Crippen molar-refractivity contribution >= 4 is 0 Å². The molecule has 0 aliphatic heterocycles. The van der Waals surface area contributed by atoms with Crippen molar-refractivity contribution in [2.24, 2.45) is 11.7 Å². The summed E-state index contributed by atoms with van der Waals surface area (Å²) < 4.78 is 6.04. The molecule has 1 fully saturated rings. The predicted molar refractivity (Wildman–Crippen MR) is 80.1 cm³/mol. The van der Waals surface area contributed by atoms with Gasteiger partial charge >= 0.3 is 0 Å². The van der Waals surface area contributed by atoms with Crippen LogP contribution in [0.15, 0.2) is 24.3 Å². The van der Waals surface area contributed by atoms with E-state index in [1.807, 2.05) is 0 Å². The van der Waals surface area contributed by atoms with Crippen LogP contribution in [-0.2, 0) is 16.8 Å². The monoisotopic (exact) mass is 261 g/mol. The van der Waals surface area contributed by atoms with Crippen molar-refractivity contribution in [2.75, 3.05) is 6.54 Å². The third-order valence-corrected chi connectivity index (χ3v) is 4.18. The summed E-state index contributed by atoms with van der Waals surface area (Å²) in [4.78, 5) is 0. The third kappa shape index (κ3) is 3.80. The number of benzene rings is 1. The largest absolute Gasteiger partial charge is 0.373 e. The first-order valence-electron chi connectivity index (χ1n) is 7.42. The van der Waals surface area contributed by atoms with E-state index in [2.05, 4.69) is 45.0 Å². The van der Waals surface area contributed by atoms with Gasteiger partial charge in [0.05, 0.1) is 12.7 Å². The minimum atomic E-state index is 0.218. The summed E-state index contributed by atoms with van der Waals surface area (Å²) in [5, 5.41) is 0. The second-order valence-corrected chi connectivity index (χ2v) is 6.72. The Kier molecular flexibility index (Phi) is 4.64. The van der Waals surface area contributed by atoms with E-state index in [1.54, 1.807) is 0 Å². The molecule has 19 heavy (non-hydrogen) atoms. The van der Waals surface area contributed by atoms with Gasteiger partial charge in [-0.25, -0.2) is 0 Å². The molecule has 2 atom stereocenters. The lowest BCUT2D eigenvalue weighted by Crippen LogP contribution is -2.25. The highest BCUT2D eigenvalue weighted by Crippen LogP contribution is 2.28. The van der Waals surface area contributed by atoms with Gasteiger partial charge in [0, 0.05) is 0 Å². The molecule has 106 valence electrons. The first-order valence-corrected chi connectivity index (χ1v) is 7.42. The molecule has 0 saturated heterocycles. The molecule has 1 aliphatic rings. The van der Waals surface area contributed by atoms with Gasteiger partial charge in [-0.2, -0.15) is 0 Å². The zero-order valence-electron chi connectivity index (χ0n) is 12.5. The molecule has 0 radical (unpaired) electrons. The van der Waals surface area contributed by atoms with Gasteiger partial charge in [-0.05, 0) is 41.8 Å². The molecule has 1 saturated carbocycles. The van der Waals surface area contributed by atoms with Crippen LogP contribution in [-0.4, -0.2) is 12.6 Å². The van der Waals surface area contributed by atoms with E-state index >= 15 is 0 Å². The number of ether oxygens (including phenoxy) is 1. The zero-order chi connectivity index (χ0) is 13.9. The molecule has 1 aromatic carbocycles. The van der Waals surface area contributed by atoms with Crippen LogP contribution in [0.5, 0.6) is 0 Å². The molecular weight excluding hydrogens is 234 g/mol. The van der Waals surface area contributed by atoms with Gasteiger partial charge in [0.2, 0.25) is 0 Å². The van der Waals surface area contributed by atoms with Crippen molar-refractivity contribution in [1.82, 2.24) is 0 Å². The molecule has 1 aliphatic carbocycles. The Labute approximate surface area is 117 Å². The Balaban J connectivity index is 1.90. The normalized spacial score (nSPS) is 23.8. The van der Waals surface area contributed by atoms with Crippen LogP contribution in [0.1, 0.15) is 51.2 Å². The van der Waals surface area contributed by atoms with Gasteiger partial charge in [-0.15, -0.1) is 0 Å². The summed E-state index contributed by atoms with van der Waals surface area (Å²) in [7, 11) is 0. The van der Waals surface area contributed by atoms with Crippen molar-refractivity contribution in [1.29, 1.82) is 0 Å². The SMILES string of the molecule is CC(C)(C)c1ccc(COC2CCCC2CN)cc1. The molecule has 2 unspecified atom stereocenters. The predicted octanol–water partition coefficient (Wildman–Crippen LogP) is 3.63. The maximum atomic E-state index is 6.04. The van der Waals surface area contributed by atoms with Crippen LogP contribution in [0, 0.1) is 5.92 Å². The second kappa shape index (κ2) is 6.06. The maximum Gasteiger partial charge on any atom is 0.0720 e. The topological polar surface area (TPSA) is 35.2 Å². The van der Waals surface area contributed by atoms with Crippen LogP contribution < -0.4 is 5.73 Å². The Morgan fingerprint density at radius 2 is 1.84 bits per heavy atom. The fourth-order valence-electron chi connectivity index (χ4n) is 2.80. The van der Waals surface area contributed by atoms with Crippen LogP contribution in [0.25, 0.3) is 0 Å². The lowest BCUT2D eigenvalue weighted by Gasteiger charge is -2.20. The average molecular weight is 261 g/mol. The number of hydrogen-bond acceptors (Lipinski definition) is 2. The van der Waals surface area contributed by atoms with E-state index in [9.17, 15) is 0 Å². The molecular formula is C17H27NO. The molecule has 2 N–H and O–H groups in total. The molecule has 0 heterocycles. The molecule has 2 nitrogen and oxygen atoms in total. The quantitative estimate of drug-likeness (QED) is 0.898. The summed E-state index contributed by atoms with van der Waals surface area (Å²) in [6.45, 7) is 8.19. The highest BCUT2D eigenvalue weighted by atomic mass is 16.5. The average Bonchev–Trinajstić information content (AvgIpc) is 2.83. The van der Waals surface area contributed by atoms with Crippen LogP contribution in [0.3, 0.4) is 0 Å². The van der Waals surface area contributed by atoms with Crippen LogP contribution >= 0.6 is 0 Å². The van der Waals surface area contributed by atoms with Crippen molar-refractivity contribution in [3.63, 3.8) is 0 Å². The van der Waals surface area contributed by atoms with Crippen LogP contribution in [0.2, 0.25) is 0 Å². The molecule has 0 aromatic heterocycles. The summed E-state index contributed by atoms with van der Waals surface area (Å²) in [5.41, 5.74) is 8.63. The van der Waals surface area contributed by atoms with Crippen molar-refractivity contribution in [3.05, 3.63) is 35.4 Å². The summed E-state index contributed by atoms with van der Waals surface area (Å²) >= 11 is 0. The van der Waals surface area contributed by atoms with Crippen molar-refractivity contribution in [3.8, 4) is 0 Å². The van der Waals surface area contributed by atoms with Gasteiger partial charge in [0.25, 0.3) is 0 Å². The van der Waals surface area contributed by atoms with E-state index in [0.29, 0.717) is 18.6 Å². The smallest absolute Gasteiger partial charge is 0.0720 e. The lowest BCUT2D eigenvalue weighted by atomic mass is 9.87. The highest BCUT2D eigenvalue weighted by molar-refractivity contribution is 5.27. The molecule has 0 amide bonds. The molecule has 2 rings (SSSR count). The highest BCUT2D eigenvalue weighted by Gasteiger charge is 2.26. The van der Waals surface area contributed by atoms with E-state index in [-0.39, 0.29) is 5.41 Å². The number of hydrogen-bond donors (Lipinski definition) is 1. The molecule has 0 spiro atoms. The fourth-order valence-corrected chi connectivity index (χ4v) is 2.80. The van der Waals surface area contributed by atoms with Crippen molar-refractivity contribution in [2.45, 2.75) is 58.2 Å². The summed E-state index contributed by atoms with van der Waals surface area (Å²) in [5.74, 6) is 0.564. The fraction of sp³-hybridized carbons (Fsp3) is 0.647. The molecule has 2 heteroatoms. The van der Waals surface area contributed by atoms with E-state index < -0.39 is 0 Å². The minimum absolute atomic E-state index is 0.218. The number of nitrogens with two attached hydrogens (primary N) is 1. The zero-order valence-corrected chi connectivity index (χ0v) is 12.5. The molecule has 1 aromatic rings. The second-order valence-electron chi connectivity index (χ2n) is 6.72. The van der Waals surface area contributed by atoms with Crippen LogP contribution in [0.4, 0.5) is 0 Å². The van der Waals surface area contributed by atoms with Gasteiger partial charge in [0.15, 0.2) is 0 Å². The van der Waals surface area contributed by atoms with E-state index in [0.717, 1.165) is 6.54 Å². The first kappa shape index (κ1) is 14.5. The Bertz CT molecular complexity index is 391. The third-order valence-electron chi connectivity index (χ3n) is 4.18. The standard InChI is InChI=1S/C17H27NO/c1-17(2,3)15-9-7-13(8-10-15)12-19-16-6-4-5-14(16)11-18/h7-10,14,16H,4-6,11-12,18H2,1-3H3. The summed E-state index contributed by atoms with van der Waals surface area (Å²) in [6, 6.07) is 8.81. The lowest BCUT2D eigenvalue weighted by molar-refractivity contribution is 0.0182. The van der Waals surface area contributed by atoms with Gasteiger partial charge in [-0.1, -0.05) is 51.5 Å². The number of rotatable bonds is 4. The summed E-state index contributed by atoms with van der Waals surface area (Å²) in [6.07, 6.45) is 4.02. The Hall–Kier alpha value is -0.860. The minimum Gasteiger partial charge on any atom is -0.373 e. The first-order chi connectivity index (χ1) is 9.00. The van der Waals surface area contributed by atoms with Gasteiger partial charge < -0.3 is 10.5 Å². The van der Waals surface area contributed by atoms with Gasteiger partial charge in [0.1, 0.15) is 0 Å². The maximum absolute atomic E-state index is 6.04. The van der Waals surface area contributed by atoms with Gasteiger partial charge in [-0.3, -0.25) is 0 Å².